The monoisotopic (exact) mass is 407 g/mol. The maximum absolute atomic E-state index is 12.4. The molecule has 2 aromatic rings. The molecule has 3 rings (SSSR count). The Balaban J connectivity index is 1.66. The predicted octanol–water partition coefficient (Wildman–Crippen LogP) is 2.28. The first-order valence-corrected chi connectivity index (χ1v) is 10.7. The van der Waals surface area contributed by atoms with Crippen LogP contribution >= 0.6 is 11.8 Å². The van der Waals surface area contributed by atoms with Gasteiger partial charge in [0, 0.05) is 31.7 Å². The van der Waals surface area contributed by atoms with Gasteiger partial charge in [-0.2, -0.15) is 5.10 Å². The summed E-state index contributed by atoms with van der Waals surface area (Å²) in [5.41, 5.74) is 0. The number of aromatic nitrogens is 5. The van der Waals surface area contributed by atoms with E-state index < -0.39 is 0 Å². The van der Waals surface area contributed by atoms with Crippen LogP contribution in [-0.2, 0) is 16.1 Å². The lowest BCUT2D eigenvalue weighted by atomic mass is 10.2. The minimum atomic E-state index is -0.0839. The van der Waals surface area contributed by atoms with Gasteiger partial charge in [0.15, 0.2) is 5.16 Å². The molecule has 2 aromatic heterocycles. The van der Waals surface area contributed by atoms with Crippen LogP contribution in [-0.4, -0.2) is 62.5 Å². The van der Waals surface area contributed by atoms with Crippen LogP contribution in [0.25, 0.3) is 0 Å². The normalized spacial score (nSPS) is 14.9. The first-order chi connectivity index (χ1) is 13.5. The highest BCUT2D eigenvalue weighted by Crippen LogP contribution is 2.24. The molecule has 1 saturated heterocycles. The molecule has 1 aliphatic heterocycles. The third-order valence-electron chi connectivity index (χ3n) is 4.30. The van der Waals surface area contributed by atoms with Crippen molar-refractivity contribution < 1.29 is 9.53 Å². The Morgan fingerprint density at radius 1 is 1.25 bits per heavy atom. The summed E-state index contributed by atoms with van der Waals surface area (Å²) in [5.74, 6) is 2.20. The van der Waals surface area contributed by atoms with Gasteiger partial charge in [0.1, 0.15) is 5.82 Å². The maximum atomic E-state index is 12.4. The molecular formula is C18H29N7O2S. The van der Waals surface area contributed by atoms with Gasteiger partial charge in [-0.3, -0.25) is 9.36 Å². The van der Waals surface area contributed by atoms with Crippen LogP contribution < -0.4 is 10.2 Å². The molecule has 3 heterocycles. The van der Waals surface area contributed by atoms with Crippen LogP contribution in [0.4, 0.5) is 11.8 Å². The molecule has 0 unspecified atom stereocenters. The zero-order valence-corrected chi connectivity index (χ0v) is 17.8. The van der Waals surface area contributed by atoms with Crippen molar-refractivity contribution in [1.29, 1.82) is 0 Å². The van der Waals surface area contributed by atoms with Crippen LogP contribution in [0.1, 0.15) is 33.7 Å². The van der Waals surface area contributed by atoms with Gasteiger partial charge in [0.05, 0.1) is 25.2 Å². The second-order valence-electron chi connectivity index (χ2n) is 7.48. The Labute approximate surface area is 169 Å². The number of hydrogen-bond acceptors (Lipinski definition) is 7. The lowest BCUT2D eigenvalue weighted by Gasteiger charge is -2.28. The Hall–Kier alpha value is -2.07. The topological polar surface area (TPSA) is 90.1 Å². The standard InChI is InChI=1S/C18H29N7O2S/c1-13(2)11-24-17(23-7-9-27-10-8-23)21-22-18(24)28-12-16(26)20-15-5-6-19-25(15)14(3)4/h5-6,13-14H,7-12H2,1-4H3,(H,20,26). The van der Waals surface area contributed by atoms with Crippen molar-refractivity contribution in [3.05, 3.63) is 12.3 Å². The van der Waals surface area contributed by atoms with Crippen LogP contribution in [0.15, 0.2) is 17.4 Å². The number of nitrogens with zero attached hydrogens (tertiary/aromatic N) is 6. The molecule has 1 N–H and O–H groups in total. The molecule has 154 valence electrons. The molecule has 0 radical (unpaired) electrons. The Bertz CT molecular complexity index is 781. The van der Waals surface area contributed by atoms with Gasteiger partial charge < -0.3 is 15.0 Å². The van der Waals surface area contributed by atoms with Gasteiger partial charge in [-0.05, 0) is 19.8 Å². The number of hydrogen-bond donors (Lipinski definition) is 1. The molecule has 1 amide bonds. The van der Waals surface area contributed by atoms with Gasteiger partial charge in [-0.15, -0.1) is 10.2 Å². The summed E-state index contributed by atoms with van der Waals surface area (Å²) >= 11 is 1.41. The van der Waals surface area contributed by atoms with Gasteiger partial charge in [-0.25, -0.2) is 4.68 Å². The molecule has 0 aromatic carbocycles. The fourth-order valence-corrected chi connectivity index (χ4v) is 3.79. The summed E-state index contributed by atoms with van der Waals surface area (Å²) in [6, 6.07) is 1.99. The molecule has 0 bridgehead atoms. The quantitative estimate of drug-likeness (QED) is 0.671. The molecule has 1 fully saturated rings. The van der Waals surface area contributed by atoms with Crippen molar-refractivity contribution in [2.75, 3.05) is 42.3 Å². The first kappa shape index (κ1) is 20.7. The zero-order chi connectivity index (χ0) is 20.1. The lowest BCUT2D eigenvalue weighted by Crippen LogP contribution is -2.38. The van der Waals surface area contributed by atoms with E-state index in [1.54, 1.807) is 16.9 Å². The molecule has 0 saturated carbocycles. The van der Waals surface area contributed by atoms with Crippen LogP contribution in [0, 0.1) is 5.92 Å². The lowest BCUT2D eigenvalue weighted by molar-refractivity contribution is -0.113. The number of carbonyl (C=O) groups excluding carboxylic acids is 1. The van der Waals surface area contributed by atoms with E-state index in [4.69, 9.17) is 4.74 Å². The van der Waals surface area contributed by atoms with E-state index >= 15 is 0 Å². The van der Waals surface area contributed by atoms with Crippen molar-refractivity contribution in [1.82, 2.24) is 24.5 Å². The summed E-state index contributed by atoms with van der Waals surface area (Å²) in [7, 11) is 0. The molecule has 1 aliphatic rings. The first-order valence-electron chi connectivity index (χ1n) is 9.67. The van der Waals surface area contributed by atoms with E-state index in [2.05, 4.69) is 43.9 Å². The van der Waals surface area contributed by atoms with Gasteiger partial charge >= 0.3 is 0 Å². The maximum Gasteiger partial charge on any atom is 0.235 e. The summed E-state index contributed by atoms with van der Waals surface area (Å²) in [5, 5.41) is 16.7. The highest BCUT2D eigenvalue weighted by Gasteiger charge is 2.22. The van der Waals surface area contributed by atoms with Gasteiger partial charge in [0.25, 0.3) is 0 Å². The number of nitrogens with one attached hydrogen (secondary N) is 1. The van der Waals surface area contributed by atoms with E-state index in [1.807, 2.05) is 13.8 Å². The van der Waals surface area contributed by atoms with Crippen LogP contribution in [0.3, 0.4) is 0 Å². The van der Waals surface area contributed by atoms with E-state index in [9.17, 15) is 4.79 Å². The number of thioether (sulfide) groups is 1. The number of amides is 1. The average molecular weight is 408 g/mol. The van der Waals surface area contributed by atoms with E-state index in [0.29, 0.717) is 24.9 Å². The van der Waals surface area contributed by atoms with E-state index in [1.165, 1.54) is 11.8 Å². The smallest absolute Gasteiger partial charge is 0.235 e. The van der Waals surface area contributed by atoms with Crippen molar-refractivity contribution >= 4 is 29.4 Å². The molecule has 10 heteroatoms. The van der Waals surface area contributed by atoms with Crippen molar-refractivity contribution in [3.8, 4) is 0 Å². The minimum Gasteiger partial charge on any atom is -0.378 e. The second kappa shape index (κ2) is 9.42. The summed E-state index contributed by atoms with van der Waals surface area (Å²) in [6.45, 7) is 12.2. The number of morpholine rings is 1. The number of rotatable bonds is 8. The third kappa shape index (κ3) is 5.05. The highest BCUT2D eigenvalue weighted by molar-refractivity contribution is 7.99. The largest absolute Gasteiger partial charge is 0.378 e. The SMILES string of the molecule is CC(C)Cn1c(SCC(=O)Nc2ccnn2C(C)C)nnc1N1CCOCC1. The molecular weight excluding hydrogens is 378 g/mol. The molecule has 9 nitrogen and oxygen atoms in total. The average Bonchev–Trinajstić information content (AvgIpc) is 3.27. The minimum absolute atomic E-state index is 0.0839. The van der Waals surface area contributed by atoms with Crippen molar-refractivity contribution in [2.45, 2.75) is 45.4 Å². The van der Waals surface area contributed by atoms with E-state index in [-0.39, 0.29) is 17.7 Å². The number of carbonyl (C=O) groups is 1. The van der Waals surface area contributed by atoms with E-state index in [0.717, 1.165) is 30.7 Å². The highest BCUT2D eigenvalue weighted by atomic mass is 32.2. The summed E-state index contributed by atoms with van der Waals surface area (Å²) < 4.78 is 9.35. The Morgan fingerprint density at radius 2 is 2.00 bits per heavy atom. The van der Waals surface area contributed by atoms with Crippen LogP contribution in [0.2, 0.25) is 0 Å². The Kier molecular flexibility index (Phi) is 6.95. The fourth-order valence-electron chi connectivity index (χ4n) is 3.04. The Morgan fingerprint density at radius 3 is 2.68 bits per heavy atom. The fraction of sp³-hybridized carbons (Fsp3) is 0.667. The van der Waals surface area contributed by atoms with Crippen molar-refractivity contribution in [3.63, 3.8) is 0 Å². The third-order valence-corrected chi connectivity index (χ3v) is 5.27. The zero-order valence-electron chi connectivity index (χ0n) is 17.0. The molecule has 28 heavy (non-hydrogen) atoms. The molecule has 0 atom stereocenters. The summed E-state index contributed by atoms with van der Waals surface area (Å²) in [4.78, 5) is 14.6. The predicted molar refractivity (Wildman–Crippen MR) is 110 cm³/mol. The molecule has 0 aliphatic carbocycles. The van der Waals surface area contributed by atoms with Gasteiger partial charge in [-0.1, -0.05) is 25.6 Å². The van der Waals surface area contributed by atoms with Crippen LogP contribution in [0.5, 0.6) is 0 Å². The second-order valence-corrected chi connectivity index (χ2v) is 8.42. The number of ether oxygens (including phenoxy) is 1. The number of anilines is 2. The van der Waals surface area contributed by atoms with Gasteiger partial charge in [0.2, 0.25) is 11.9 Å². The summed E-state index contributed by atoms with van der Waals surface area (Å²) in [6.07, 6.45) is 1.69. The van der Waals surface area contributed by atoms with Crippen molar-refractivity contribution in [2.24, 2.45) is 5.92 Å². The molecule has 0 spiro atoms.